The van der Waals surface area contributed by atoms with Gasteiger partial charge < -0.3 is 0 Å². The maximum Gasteiger partial charge on any atom is 0.266 e. The van der Waals surface area contributed by atoms with Crippen molar-refractivity contribution in [3.8, 4) is 0 Å². The maximum atomic E-state index is 9.95. The van der Waals surface area contributed by atoms with Gasteiger partial charge in [0.05, 0.1) is 5.75 Å². The molecule has 0 bridgehead atoms. The first kappa shape index (κ1) is 9.45. The van der Waals surface area contributed by atoms with Crippen LogP contribution in [0.25, 0.3) is 0 Å². The van der Waals surface area contributed by atoms with Crippen LogP contribution in [0.2, 0.25) is 0 Å². The molecule has 9 heavy (non-hydrogen) atoms. The third kappa shape index (κ3) is 8.45. The number of halogens is 2. The summed E-state index contributed by atoms with van der Waals surface area (Å²) in [5, 5.41) is 0. The van der Waals surface area contributed by atoms with Crippen LogP contribution in [-0.2, 0) is 10.1 Å². The van der Waals surface area contributed by atoms with Gasteiger partial charge in [0.1, 0.15) is 0 Å². The highest BCUT2D eigenvalue weighted by atomic mass is 35.5. The molecule has 0 heterocycles. The molecule has 0 aromatic rings. The summed E-state index contributed by atoms with van der Waals surface area (Å²) in [4.78, 5) is 0. The van der Waals surface area contributed by atoms with E-state index in [1.165, 1.54) is 0 Å². The van der Waals surface area contributed by atoms with Crippen molar-refractivity contribution in [1.29, 1.82) is 0 Å². The summed E-state index contributed by atoms with van der Waals surface area (Å²) in [5.74, 6) is -0.458. The number of hydrogen-bond donors (Lipinski definition) is 1. The summed E-state index contributed by atoms with van der Waals surface area (Å²) in [7, 11) is -3.93. The van der Waals surface area contributed by atoms with Gasteiger partial charge in [-0.2, -0.15) is 8.42 Å². The highest BCUT2D eigenvalue weighted by Crippen LogP contribution is 1.97. The normalized spacial score (nSPS) is 12.4. The molecule has 0 unspecified atom stereocenters. The van der Waals surface area contributed by atoms with Crippen LogP contribution in [0, 0.1) is 0 Å². The number of rotatable bonds is 3. The molecule has 0 fully saturated rings. The van der Waals surface area contributed by atoms with Gasteiger partial charge in [-0.3, -0.25) is 4.55 Å². The van der Waals surface area contributed by atoms with Crippen molar-refractivity contribution < 1.29 is 13.0 Å². The van der Waals surface area contributed by atoms with Crippen LogP contribution in [0.15, 0.2) is 0 Å². The van der Waals surface area contributed by atoms with E-state index in [4.69, 9.17) is 28.1 Å². The monoisotopic (exact) mass is 193 g/mol. The smallest absolute Gasteiger partial charge is 0.266 e. The van der Waals surface area contributed by atoms with Crippen LogP contribution in [0.1, 0.15) is 0 Å². The molecule has 0 aliphatic rings. The second-order valence-corrected chi connectivity index (χ2v) is 3.87. The molecule has 0 spiro atoms. The minimum Gasteiger partial charge on any atom is -0.286 e. The first-order valence-corrected chi connectivity index (χ1v) is 4.24. The topological polar surface area (TPSA) is 57.6 Å². The summed E-state index contributed by atoms with van der Waals surface area (Å²) in [6, 6.07) is 0. The molecular formula is C2H5Cl2NO3S. The van der Waals surface area contributed by atoms with Gasteiger partial charge in [-0.05, 0) is 23.6 Å². The maximum absolute atomic E-state index is 9.95. The fourth-order valence-corrected chi connectivity index (χ4v) is 0.967. The Kier molecular flexibility index (Phi) is 3.76. The van der Waals surface area contributed by atoms with Gasteiger partial charge in [-0.1, -0.05) is 0 Å². The van der Waals surface area contributed by atoms with E-state index < -0.39 is 15.9 Å². The summed E-state index contributed by atoms with van der Waals surface area (Å²) in [6.07, 6.45) is 0. The third-order valence-electron chi connectivity index (χ3n) is 0.518. The van der Waals surface area contributed by atoms with E-state index in [9.17, 15) is 8.42 Å². The Morgan fingerprint density at radius 2 is 1.89 bits per heavy atom. The fourth-order valence-electron chi connectivity index (χ4n) is 0.184. The van der Waals surface area contributed by atoms with Crippen molar-refractivity contribution in [3.63, 3.8) is 0 Å². The van der Waals surface area contributed by atoms with E-state index in [1.807, 2.05) is 0 Å². The zero-order chi connectivity index (χ0) is 7.49. The molecule has 4 nitrogen and oxygen atoms in total. The molecule has 0 saturated carbocycles. The Morgan fingerprint density at radius 1 is 1.44 bits per heavy atom. The second kappa shape index (κ2) is 3.58. The van der Waals surface area contributed by atoms with Gasteiger partial charge in [-0.15, -0.1) is 3.94 Å². The van der Waals surface area contributed by atoms with Crippen LogP contribution >= 0.6 is 23.6 Å². The molecule has 0 rings (SSSR count). The molecule has 0 aromatic heterocycles. The quantitative estimate of drug-likeness (QED) is 0.524. The summed E-state index contributed by atoms with van der Waals surface area (Å²) in [5.41, 5.74) is 0. The van der Waals surface area contributed by atoms with Crippen LogP contribution in [0.5, 0.6) is 0 Å². The predicted octanol–water partition coefficient (Wildman–Crippen LogP) is 0.484. The van der Waals surface area contributed by atoms with Crippen LogP contribution < -0.4 is 0 Å². The molecule has 0 amide bonds. The van der Waals surface area contributed by atoms with Gasteiger partial charge in [-0.25, -0.2) is 0 Å². The van der Waals surface area contributed by atoms with Crippen molar-refractivity contribution in [1.82, 2.24) is 3.94 Å². The highest BCUT2D eigenvalue weighted by molar-refractivity contribution is 7.85. The van der Waals surface area contributed by atoms with Gasteiger partial charge in [0.15, 0.2) is 0 Å². The third-order valence-corrected chi connectivity index (χ3v) is 1.55. The molecule has 56 valence electrons. The zero-order valence-corrected chi connectivity index (χ0v) is 6.62. The highest BCUT2D eigenvalue weighted by Gasteiger charge is 2.05. The number of hydrogen-bond acceptors (Lipinski definition) is 3. The molecule has 0 saturated heterocycles. The molecule has 1 N–H and O–H groups in total. The van der Waals surface area contributed by atoms with Gasteiger partial charge in [0, 0.05) is 6.54 Å². The van der Waals surface area contributed by atoms with Crippen molar-refractivity contribution in [2.45, 2.75) is 0 Å². The standard InChI is InChI=1S/C2H5Cl2NO3S/c3-5(4)1-2-9(6,7)8/h1-2H2,(H,6,7,8). The second-order valence-electron chi connectivity index (χ2n) is 1.31. The Morgan fingerprint density at radius 3 is 2.00 bits per heavy atom. The minimum atomic E-state index is -3.93. The lowest BCUT2D eigenvalue weighted by atomic mass is 10.8. The van der Waals surface area contributed by atoms with E-state index in [0.717, 1.165) is 0 Å². The first-order valence-electron chi connectivity index (χ1n) is 1.96. The van der Waals surface area contributed by atoms with E-state index >= 15 is 0 Å². The number of nitrogens with zero attached hydrogens (tertiary/aromatic N) is 1. The summed E-state index contributed by atoms with van der Waals surface area (Å²) in [6.45, 7) is -0.109. The molecule has 0 aliphatic heterocycles. The van der Waals surface area contributed by atoms with Gasteiger partial charge in [0.25, 0.3) is 10.1 Å². The Balaban J connectivity index is 3.53. The zero-order valence-electron chi connectivity index (χ0n) is 4.29. The Labute approximate surface area is 63.3 Å². The van der Waals surface area contributed by atoms with E-state index in [2.05, 4.69) is 0 Å². The van der Waals surface area contributed by atoms with E-state index in [-0.39, 0.29) is 6.54 Å². The Bertz CT molecular complexity index is 165. The van der Waals surface area contributed by atoms with Gasteiger partial charge >= 0.3 is 0 Å². The SMILES string of the molecule is O=S(=O)(O)CCN(Cl)Cl. The first-order chi connectivity index (χ1) is 3.92. The molecule has 0 atom stereocenters. The lowest BCUT2D eigenvalue weighted by Crippen LogP contribution is -2.14. The van der Waals surface area contributed by atoms with Crippen molar-refractivity contribution in [2.75, 3.05) is 12.3 Å². The van der Waals surface area contributed by atoms with E-state index in [0.29, 0.717) is 3.94 Å². The minimum absolute atomic E-state index is 0.109. The van der Waals surface area contributed by atoms with Gasteiger partial charge in [0.2, 0.25) is 0 Å². The van der Waals surface area contributed by atoms with Crippen LogP contribution in [-0.4, -0.2) is 29.2 Å². The fraction of sp³-hybridized carbons (Fsp3) is 1.00. The largest absolute Gasteiger partial charge is 0.286 e. The summed E-state index contributed by atoms with van der Waals surface area (Å²) >= 11 is 10.0. The van der Waals surface area contributed by atoms with Crippen molar-refractivity contribution >= 4 is 33.7 Å². The van der Waals surface area contributed by atoms with Crippen LogP contribution in [0.4, 0.5) is 0 Å². The van der Waals surface area contributed by atoms with Crippen molar-refractivity contribution in [2.24, 2.45) is 0 Å². The van der Waals surface area contributed by atoms with Crippen molar-refractivity contribution in [3.05, 3.63) is 0 Å². The molecule has 0 radical (unpaired) electrons. The lowest BCUT2D eigenvalue weighted by Gasteiger charge is -1.99. The molecule has 0 aliphatic carbocycles. The average molecular weight is 194 g/mol. The average Bonchev–Trinajstić information content (AvgIpc) is 1.59. The molecule has 0 aromatic carbocycles. The molecular weight excluding hydrogens is 189 g/mol. The Hall–Kier alpha value is 0.450. The predicted molar refractivity (Wildman–Crippen MR) is 34.8 cm³/mol. The summed E-state index contributed by atoms with van der Waals surface area (Å²) < 4.78 is 28.6. The lowest BCUT2D eigenvalue weighted by molar-refractivity contribution is 0.479. The van der Waals surface area contributed by atoms with Crippen LogP contribution in [0.3, 0.4) is 0 Å². The molecule has 7 heteroatoms. The van der Waals surface area contributed by atoms with E-state index in [1.54, 1.807) is 0 Å².